The number of aromatic nitrogens is 2. The highest BCUT2D eigenvalue weighted by Gasteiger charge is 2.22. The summed E-state index contributed by atoms with van der Waals surface area (Å²) in [7, 11) is 4.21. The maximum Gasteiger partial charge on any atom is 0.212 e. The van der Waals surface area contributed by atoms with Crippen molar-refractivity contribution in [2.45, 2.75) is 20.8 Å². The van der Waals surface area contributed by atoms with Crippen LogP contribution in [0.2, 0.25) is 0 Å². The van der Waals surface area contributed by atoms with Crippen LogP contribution in [0, 0.1) is 20.8 Å². The third-order valence-corrected chi connectivity index (χ3v) is 4.59. The molecule has 0 fully saturated rings. The van der Waals surface area contributed by atoms with E-state index < -0.39 is 0 Å². The van der Waals surface area contributed by atoms with Crippen LogP contribution in [0.5, 0.6) is 0 Å². The molecule has 0 radical (unpaired) electrons. The zero-order valence-electron chi connectivity index (χ0n) is 14.6. The van der Waals surface area contributed by atoms with Crippen molar-refractivity contribution >= 4 is 0 Å². The van der Waals surface area contributed by atoms with Crippen LogP contribution in [-0.4, -0.2) is 0 Å². The number of hydrogen-bond donors (Lipinski definition) is 0. The summed E-state index contributed by atoms with van der Waals surface area (Å²) in [6.07, 6.45) is 4.21. The fourth-order valence-corrected chi connectivity index (χ4v) is 3.54. The van der Waals surface area contributed by atoms with Crippen molar-refractivity contribution < 1.29 is 9.13 Å². The zero-order chi connectivity index (χ0) is 16.6. The van der Waals surface area contributed by atoms with Crippen LogP contribution < -0.4 is 9.13 Å². The van der Waals surface area contributed by atoms with E-state index in [4.69, 9.17) is 0 Å². The molecule has 0 atom stereocenters. The van der Waals surface area contributed by atoms with Crippen molar-refractivity contribution in [3.8, 4) is 22.5 Å². The molecule has 2 nitrogen and oxygen atoms in total. The van der Waals surface area contributed by atoms with Gasteiger partial charge in [0, 0.05) is 24.3 Å². The summed E-state index contributed by atoms with van der Waals surface area (Å²) >= 11 is 0. The van der Waals surface area contributed by atoms with E-state index in [0.717, 1.165) is 0 Å². The van der Waals surface area contributed by atoms with E-state index in [1.54, 1.807) is 0 Å². The molecule has 3 rings (SSSR count). The molecule has 2 heterocycles. The summed E-state index contributed by atoms with van der Waals surface area (Å²) in [5.74, 6) is 0. The number of rotatable bonds is 2. The summed E-state index contributed by atoms with van der Waals surface area (Å²) in [4.78, 5) is 0. The Morgan fingerprint density at radius 3 is 1.48 bits per heavy atom. The molecule has 116 valence electrons. The Labute approximate surface area is 138 Å². The third-order valence-electron chi connectivity index (χ3n) is 4.59. The largest absolute Gasteiger partial charge is 0.212 e. The highest BCUT2D eigenvalue weighted by molar-refractivity contribution is 5.78. The van der Waals surface area contributed by atoms with Gasteiger partial charge in [-0.1, -0.05) is 6.07 Å². The average molecular weight is 304 g/mol. The second-order valence-electron chi connectivity index (χ2n) is 6.28. The first-order valence-electron chi connectivity index (χ1n) is 8.01. The quantitative estimate of drug-likeness (QED) is 0.639. The van der Waals surface area contributed by atoms with Crippen LogP contribution in [0.15, 0.2) is 54.9 Å². The van der Waals surface area contributed by atoms with Gasteiger partial charge in [0.05, 0.1) is 11.1 Å². The summed E-state index contributed by atoms with van der Waals surface area (Å²) in [6.45, 7) is 6.65. The SMILES string of the molecule is Cc1cc(C)c(-c2cccc[n+]2C)c(C)c1-c1cccc[n+]1C. The molecule has 1 aromatic carbocycles. The summed E-state index contributed by atoms with van der Waals surface area (Å²) in [6, 6.07) is 15.0. The van der Waals surface area contributed by atoms with E-state index in [2.05, 4.69) is 98.9 Å². The standard InChI is InChI=1S/C21H24N2/c1-15-14-16(2)21(19-11-7-9-13-23(19)5)17(3)20(15)18-10-6-8-12-22(18)4/h6-14H,1-5H3/q+2. The minimum absolute atomic E-state index is 1.25. The maximum absolute atomic E-state index is 2.30. The van der Waals surface area contributed by atoms with Crippen LogP contribution in [0.4, 0.5) is 0 Å². The average Bonchev–Trinajstić information content (AvgIpc) is 2.50. The van der Waals surface area contributed by atoms with Gasteiger partial charge < -0.3 is 0 Å². The highest BCUT2D eigenvalue weighted by atomic mass is 14.9. The lowest BCUT2D eigenvalue weighted by Crippen LogP contribution is -2.32. The molecule has 2 aromatic heterocycles. The molecular formula is C21H24N2+2. The van der Waals surface area contributed by atoms with Crippen LogP contribution in [-0.2, 0) is 14.1 Å². The molecule has 0 bridgehead atoms. The van der Waals surface area contributed by atoms with Crippen molar-refractivity contribution in [1.29, 1.82) is 0 Å². The number of nitrogens with zero attached hydrogens (tertiary/aromatic N) is 2. The Balaban J connectivity index is 2.35. The molecule has 0 spiro atoms. The second-order valence-corrected chi connectivity index (χ2v) is 6.28. The highest BCUT2D eigenvalue weighted by Crippen LogP contribution is 2.34. The van der Waals surface area contributed by atoms with Crippen molar-refractivity contribution in [3.63, 3.8) is 0 Å². The molecule has 0 aliphatic carbocycles. The minimum atomic E-state index is 1.25. The smallest absolute Gasteiger partial charge is 0.201 e. The van der Waals surface area contributed by atoms with Crippen molar-refractivity contribution in [1.82, 2.24) is 0 Å². The van der Waals surface area contributed by atoms with Crippen molar-refractivity contribution in [2.24, 2.45) is 14.1 Å². The first-order chi connectivity index (χ1) is 11.0. The summed E-state index contributed by atoms with van der Waals surface area (Å²) in [5.41, 5.74) is 9.15. The van der Waals surface area contributed by atoms with E-state index in [-0.39, 0.29) is 0 Å². The van der Waals surface area contributed by atoms with Crippen LogP contribution in [0.25, 0.3) is 22.5 Å². The zero-order valence-corrected chi connectivity index (χ0v) is 14.6. The van der Waals surface area contributed by atoms with E-state index in [9.17, 15) is 0 Å². The van der Waals surface area contributed by atoms with Crippen molar-refractivity contribution in [3.05, 3.63) is 71.5 Å². The van der Waals surface area contributed by atoms with E-state index in [1.807, 2.05) is 0 Å². The van der Waals surface area contributed by atoms with Crippen LogP contribution in [0.1, 0.15) is 16.7 Å². The van der Waals surface area contributed by atoms with Gasteiger partial charge in [-0.05, 0) is 49.6 Å². The molecule has 0 aliphatic heterocycles. The monoisotopic (exact) mass is 304 g/mol. The van der Waals surface area contributed by atoms with Gasteiger partial charge in [-0.15, -0.1) is 0 Å². The van der Waals surface area contributed by atoms with Gasteiger partial charge in [-0.2, -0.15) is 0 Å². The second kappa shape index (κ2) is 5.96. The van der Waals surface area contributed by atoms with Crippen LogP contribution in [0.3, 0.4) is 0 Å². The molecule has 2 heteroatoms. The van der Waals surface area contributed by atoms with Gasteiger partial charge >= 0.3 is 0 Å². The van der Waals surface area contributed by atoms with Gasteiger partial charge in [0.15, 0.2) is 12.4 Å². The number of aryl methyl sites for hydroxylation is 4. The van der Waals surface area contributed by atoms with E-state index in [0.29, 0.717) is 0 Å². The lowest BCUT2D eigenvalue weighted by molar-refractivity contribution is -0.660. The number of hydrogen-bond acceptors (Lipinski definition) is 0. The Kier molecular flexibility index (Phi) is 3.99. The summed E-state index contributed by atoms with van der Waals surface area (Å²) < 4.78 is 4.39. The van der Waals surface area contributed by atoms with Crippen molar-refractivity contribution in [2.75, 3.05) is 0 Å². The minimum Gasteiger partial charge on any atom is -0.201 e. The molecule has 3 aromatic rings. The lowest BCUT2D eigenvalue weighted by atomic mass is 9.89. The third kappa shape index (κ3) is 2.65. The first-order valence-corrected chi connectivity index (χ1v) is 8.01. The molecule has 0 saturated carbocycles. The van der Waals surface area contributed by atoms with Gasteiger partial charge in [0.2, 0.25) is 11.4 Å². The first kappa shape index (κ1) is 15.4. The predicted molar refractivity (Wildman–Crippen MR) is 93.9 cm³/mol. The fourth-order valence-electron chi connectivity index (χ4n) is 3.54. The van der Waals surface area contributed by atoms with Crippen LogP contribution >= 0.6 is 0 Å². The maximum atomic E-state index is 2.30. The molecule has 0 unspecified atom stereocenters. The number of benzene rings is 1. The topological polar surface area (TPSA) is 7.76 Å². The molecule has 0 saturated heterocycles. The molecule has 0 amide bonds. The molecule has 0 aliphatic rings. The Morgan fingerprint density at radius 2 is 1.09 bits per heavy atom. The lowest BCUT2D eigenvalue weighted by Gasteiger charge is -2.15. The van der Waals surface area contributed by atoms with E-state index in [1.165, 1.54) is 39.2 Å². The normalized spacial score (nSPS) is 10.8. The predicted octanol–water partition coefficient (Wildman–Crippen LogP) is 3.59. The molecular weight excluding hydrogens is 280 g/mol. The Bertz CT molecular complexity index is 809. The van der Waals surface area contributed by atoms with Gasteiger partial charge in [-0.25, -0.2) is 9.13 Å². The van der Waals surface area contributed by atoms with Gasteiger partial charge in [0.25, 0.3) is 0 Å². The Morgan fingerprint density at radius 1 is 0.652 bits per heavy atom. The van der Waals surface area contributed by atoms with Gasteiger partial charge in [-0.3, -0.25) is 0 Å². The molecule has 23 heavy (non-hydrogen) atoms. The van der Waals surface area contributed by atoms with Gasteiger partial charge in [0.1, 0.15) is 14.1 Å². The Hall–Kier alpha value is -2.48. The fraction of sp³-hybridized carbons (Fsp3) is 0.238. The van der Waals surface area contributed by atoms with E-state index >= 15 is 0 Å². The summed E-state index contributed by atoms with van der Waals surface area (Å²) in [5, 5.41) is 0. The number of pyridine rings is 2. The molecule has 0 N–H and O–H groups in total.